The van der Waals surface area contributed by atoms with Crippen molar-refractivity contribution in [1.29, 1.82) is 5.26 Å². The first-order chi connectivity index (χ1) is 8.75. The predicted molar refractivity (Wildman–Crippen MR) is 73.2 cm³/mol. The van der Waals surface area contributed by atoms with Gasteiger partial charge in [-0.05, 0) is 32.9 Å². The molecule has 19 heavy (non-hydrogen) atoms. The van der Waals surface area contributed by atoms with E-state index >= 15 is 0 Å². The van der Waals surface area contributed by atoms with Gasteiger partial charge in [-0.15, -0.1) is 0 Å². The van der Waals surface area contributed by atoms with Gasteiger partial charge in [-0.25, -0.2) is 4.79 Å². The standard InChI is InChI=1S/C13H14N2O3S/c1-13(2,3)19(18)15-11(12(16)17)10-6-4-5-9(7-10)8-14/h4-7H,1-3H3,(H,16,17)/b15-11-/t19-/m0/s1. The van der Waals surface area contributed by atoms with Crippen LogP contribution < -0.4 is 0 Å². The van der Waals surface area contributed by atoms with Crippen molar-refractivity contribution in [2.24, 2.45) is 4.40 Å². The molecule has 0 radical (unpaired) electrons. The molecule has 0 unspecified atom stereocenters. The highest BCUT2D eigenvalue weighted by Gasteiger charge is 2.29. The minimum absolute atomic E-state index is 0.268. The van der Waals surface area contributed by atoms with Crippen LogP contribution in [0.4, 0.5) is 0 Å². The molecule has 1 rings (SSSR count). The van der Waals surface area contributed by atoms with Crippen LogP contribution in [0.3, 0.4) is 0 Å². The van der Waals surface area contributed by atoms with E-state index in [4.69, 9.17) is 10.4 Å². The highest BCUT2D eigenvalue weighted by Crippen LogP contribution is 2.18. The summed E-state index contributed by atoms with van der Waals surface area (Å²) in [6.07, 6.45) is 0. The van der Waals surface area contributed by atoms with E-state index in [2.05, 4.69) is 4.40 Å². The summed E-state index contributed by atoms with van der Waals surface area (Å²) >= 11 is -1.67. The Balaban J connectivity index is 3.26. The van der Waals surface area contributed by atoms with Gasteiger partial charge in [-0.3, -0.25) is 0 Å². The first-order valence-electron chi connectivity index (χ1n) is 5.50. The summed E-state index contributed by atoms with van der Waals surface area (Å²) < 4.78 is 15.0. The van der Waals surface area contributed by atoms with E-state index in [0.29, 0.717) is 5.56 Å². The highest BCUT2D eigenvalue weighted by atomic mass is 32.2. The van der Waals surface area contributed by atoms with Crippen LogP contribution in [0.25, 0.3) is 0 Å². The van der Waals surface area contributed by atoms with Crippen molar-refractivity contribution < 1.29 is 14.5 Å². The van der Waals surface area contributed by atoms with Crippen molar-refractivity contribution in [2.45, 2.75) is 25.5 Å². The van der Waals surface area contributed by atoms with Crippen molar-refractivity contribution in [3.05, 3.63) is 35.4 Å². The van der Waals surface area contributed by atoms with Crippen LogP contribution in [0, 0.1) is 11.3 Å². The summed E-state index contributed by atoms with van der Waals surface area (Å²) in [6.45, 7) is 5.12. The molecule has 0 aliphatic rings. The molecule has 1 aromatic rings. The maximum absolute atomic E-state index is 11.9. The SMILES string of the molecule is CC(C)(C)[S@+]([O-])/N=C(\C(=O)O)c1cccc(C#N)c1. The van der Waals surface area contributed by atoms with Crippen LogP contribution in [0.2, 0.25) is 0 Å². The molecule has 100 valence electrons. The molecule has 0 heterocycles. The lowest BCUT2D eigenvalue weighted by Crippen LogP contribution is -2.28. The van der Waals surface area contributed by atoms with Gasteiger partial charge in [0.05, 0.1) is 11.6 Å². The second kappa shape index (κ2) is 5.87. The Kier molecular flexibility index (Phi) is 4.70. The van der Waals surface area contributed by atoms with Crippen molar-refractivity contribution in [3.63, 3.8) is 0 Å². The van der Waals surface area contributed by atoms with E-state index in [1.165, 1.54) is 12.1 Å². The topological polar surface area (TPSA) is 96.5 Å². The number of aliphatic carboxylic acids is 1. The van der Waals surface area contributed by atoms with E-state index in [0.717, 1.165) is 0 Å². The zero-order valence-corrected chi connectivity index (χ0v) is 11.7. The quantitative estimate of drug-likeness (QED) is 0.674. The van der Waals surface area contributed by atoms with E-state index in [-0.39, 0.29) is 11.3 Å². The first kappa shape index (κ1) is 15.2. The zero-order valence-electron chi connectivity index (χ0n) is 10.9. The number of rotatable bonds is 3. The van der Waals surface area contributed by atoms with Crippen LogP contribution in [0.5, 0.6) is 0 Å². The molecular formula is C13H14N2O3S. The van der Waals surface area contributed by atoms with Crippen LogP contribution in [-0.4, -0.2) is 26.1 Å². The molecule has 0 aromatic heterocycles. The molecule has 0 spiro atoms. The molecule has 0 saturated heterocycles. The molecular weight excluding hydrogens is 264 g/mol. The van der Waals surface area contributed by atoms with Crippen molar-refractivity contribution >= 4 is 23.0 Å². The van der Waals surface area contributed by atoms with Gasteiger partial charge in [-0.2, -0.15) is 5.26 Å². The van der Waals surface area contributed by atoms with Crippen LogP contribution in [-0.2, 0) is 16.2 Å². The van der Waals surface area contributed by atoms with E-state index in [1.54, 1.807) is 32.9 Å². The third-order valence-electron chi connectivity index (χ3n) is 2.17. The second-order valence-electron chi connectivity index (χ2n) is 4.80. The van der Waals surface area contributed by atoms with Gasteiger partial charge in [-0.1, -0.05) is 16.5 Å². The Morgan fingerprint density at radius 2 is 2.11 bits per heavy atom. The number of carbonyl (C=O) groups is 1. The molecule has 1 N–H and O–H groups in total. The van der Waals surface area contributed by atoms with Crippen molar-refractivity contribution in [3.8, 4) is 6.07 Å². The fraction of sp³-hybridized carbons (Fsp3) is 0.308. The van der Waals surface area contributed by atoms with Gasteiger partial charge in [0.1, 0.15) is 16.1 Å². The number of hydrogen-bond donors (Lipinski definition) is 1. The van der Waals surface area contributed by atoms with Crippen LogP contribution in [0.15, 0.2) is 28.7 Å². The normalized spacial score (nSPS) is 13.7. The summed E-state index contributed by atoms with van der Waals surface area (Å²) in [6, 6.07) is 7.97. The minimum atomic E-state index is -1.67. The Morgan fingerprint density at radius 1 is 1.47 bits per heavy atom. The number of nitriles is 1. The van der Waals surface area contributed by atoms with Gasteiger partial charge in [0, 0.05) is 5.56 Å². The molecule has 0 amide bonds. The van der Waals surface area contributed by atoms with Crippen LogP contribution >= 0.6 is 0 Å². The van der Waals surface area contributed by atoms with Gasteiger partial charge in [0.25, 0.3) is 0 Å². The minimum Gasteiger partial charge on any atom is -0.591 e. The molecule has 0 fully saturated rings. The molecule has 0 aliphatic heterocycles. The lowest BCUT2D eigenvalue weighted by molar-refractivity contribution is -0.129. The molecule has 0 saturated carbocycles. The smallest absolute Gasteiger partial charge is 0.359 e. The molecule has 1 aromatic carbocycles. The maximum Gasteiger partial charge on any atom is 0.359 e. The zero-order chi connectivity index (χ0) is 14.6. The molecule has 6 heteroatoms. The molecule has 5 nitrogen and oxygen atoms in total. The number of carboxylic acid groups (broad SMARTS) is 1. The summed E-state index contributed by atoms with van der Waals surface area (Å²) in [4.78, 5) is 11.2. The lowest BCUT2D eigenvalue weighted by atomic mass is 10.1. The summed E-state index contributed by atoms with van der Waals surface area (Å²) in [5.41, 5.74) is 0.294. The van der Waals surface area contributed by atoms with Gasteiger partial charge >= 0.3 is 5.97 Å². The largest absolute Gasteiger partial charge is 0.591 e. The van der Waals surface area contributed by atoms with E-state index in [1.807, 2.05) is 6.07 Å². The molecule has 0 bridgehead atoms. The Bertz CT molecular complexity index is 556. The van der Waals surface area contributed by atoms with Crippen molar-refractivity contribution in [2.75, 3.05) is 0 Å². The Hall–Kier alpha value is -1.84. The monoisotopic (exact) mass is 278 g/mol. The fourth-order valence-electron chi connectivity index (χ4n) is 1.17. The fourth-order valence-corrected chi connectivity index (χ4v) is 1.79. The Labute approximate surface area is 114 Å². The lowest BCUT2D eigenvalue weighted by Gasteiger charge is -2.18. The predicted octanol–water partition coefficient (Wildman–Crippen LogP) is 1.89. The average molecular weight is 278 g/mol. The van der Waals surface area contributed by atoms with Gasteiger partial charge < -0.3 is 9.66 Å². The second-order valence-corrected chi connectivity index (χ2v) is 6.70. The number of hydrogen-bond acceptors (Lipinski definition) is 4. The number of carboxylic acids is 1. The Morgan fingerprint density at radius 3 is 2.58 bits per heavy atom. The van der Waals surface area contributed by atoms with E-state index < -0.39 is 22.1 Å². The van der Waals surface area contributed by atoms with Gasteiger partial charge in [0.15, 0.2) is 0 Å². The first-order valence-corrected chi connectivity index (χ1v) is 6.61. The summed E-state index contributed by atoms with van der Waals surface area (Å²) in [5, 5.41) is 18.0. The highest BCUT2D eigenvalue weighted by molar-refractivity contribution is 7.91. The van der Waals surface area contributed by atoms with E-state index in [9.17, 15) is 9.35 Å². The third-order valence-corrected chi connectivity index (χ3v) is 3.56. The maximum atomic E-state index is 11.9. The average Bonchev–Trinajstić information content (AvgIpc) is 2.34. The third kappa shape index (κ3) is 4.09. The summed E-state index contributed by atoms with van der Waals surface area (Å²) in [7, 11) is 0. The van der Waals surface area contributed by atoms with Gasteiger partial charge in [0.2, 0.25) is 5.71 Å². The number of benzene rings is 1. The van der Waals surface area contributed by atoms with Crippen molar-refractivity contribution in [1.82, 2.24) is 0 Å². The molecule has 1 atom stereocenters. The number of nitrogens with zero attached hydrogens (tertiary/aromatic N) is 2. The summed E-state index contributed by atoms with van der Waals surface area (Å²) in [5.74, 6) is -1.27. The van der Waals surface area contributed by atoms with Crippen LogP contribution in [0.1, 0.15) is 31.9 Å². The molecule has 0 aliphatic carbocycles.